The molecule has 9 nitrogen and oxygen atoms in total. The van der Waals surface area contributed by atoms with E-state index >= 15 is 0 Å². The summed E-state index contributed by atoms with van der Waals surface area (Å²) in [5, 5.41) is 8.84. The number of benzene rings is 1. The quantitative estimate of drug-likeness (QED) is 0.419. The monoisotopic (exact) mass is 519 g/mol. The third-order valence-electron chi connectivity index (χ3n) is 7.05. The Bertz CT molecular complexity index is 883. The number of aliphatic hydroxyl groups excluding tert-OH is 1. The van der Waals surface area contributed by atoms with Gasteiger partial charge in [-0.1, -0.05) is 25.3 Å². The molecular formula is C28H41NO8. The van der Waals surface area contributed by atoms with E-state index < -0.39 is 6.29 Å². The van der Waals surface area contributed by atoms with Crippen molar-refractivity contribution in [3.05, 3.63) is 35.6 Å². The minimum absolute atomic E-state index is 0.00250. The summed E-state index contributed by atoms with van der Waals surface area (Å²) in [6, 6.07) is 5.94. The molecule has 3 atom stereocenters. The van der Waals surface area contributed by atoms with E-state index in [4.69, 9.17) is 33.5 Å². The lowest BCUT2D eigenvalue weighted by Gasteiger charge is -2.38. The lowest BCUT2D eigenvalue weighted by Crippen LogP contribution is -2.41. The molecule has 1 N–H and O–H groups in total. The zero-order chi connectivity index (χ0) is 25.9. The fourth-order valence-corrected chi connectivity index (χ4v) is 5.14. The molecule has 0 saturated carbocycles. The van der Waals surface area contributed by atoms with Gasteiger partial charge in [-0.15, -0.1) is 0 Å². The van der Waals surface area contributed by atoms with Gasteiger partial charge in [0.25, 0.3) is 5.91 Å². The number of hydrogen-bond donors (Lipinski definition) is 1. The van der Waals surface area contributed by atoms with E-state index in [2.05, 4.69) is 0 Å². The minimum Gasteiger partial charge on any atom is -0.459 e. The van der Waals surface area contributed by atoms with Gasteiger partial charge in [-0.25, -0.2) is 0 Å². The second-order valence-corrected chi connectivity index (χ2v) is 9.57. The largest absolute Gasteiger partial charge is 0.459 e. The molecule has 1 saturated heterocycles. The predicted molar refractivity (Wildman–Crippen MR) is 136 cm³/mol. The summed E-state index contributed by atoms with van der Waals surface area (Å²) in [6.45, 7) is 5.77. The molecule has 1 fully saturated rings. The topological polar surface area (TPSA) is 95.9 Å². The summed E-state index contributed by atoms with van der Waals surface area (Å²) in [5.41, 5.74) is 1.02. The number of hydrogen-bond acceptors (Lipinski definition) is 8. The summed E-state index contributed by atoms with van der Waals surface area (Å²) >= 11 is 0. The molecular weight excluding hydrogens is 478 g/mol. The highest BCUT2D eigenvalue weighted by molar-refractivity contribution is 5.91. The molecule has 3 aliphatic rings. The molecule has 0 bridgehead atoms. The van der Waals surface area contributed by atoms with Gasteiger partial charge in [-0.05, 0) is 50.0 Å². The Kier molecular flexibility index (Phi) is 10.9. The van der Waals surface area contributed by atoms with Crippen LogP contribution in [0.3, 0.4) is 0 Å². The Hall–Kier alpha value is -2.33. The smallest absolute Gasteiger partial charge is 0.288 e. The van der Waals surface area contributed by atoms with Gasteiger partial charge in [0.15, 0.2) is 17.3 Å². The first kappa shape index (κ1) is 27.7. The Balaban J connectivity index is 1.54. The average Bonchev–Trinajstić information content (AvgIpc) is 3.36. The molecule has 3 aliphatic heterocycles. The molecule has 1 amide bonds. The molecule has 0 aliphatic carbocycles. The number of nitrogens with zero attached hydrogens (tertiary/aromatic N) is 1. The van der Waals surface area contributed by atoms with Gasteiger partial charge in [0.2, 0.25) is 13.1 Å². The van der Waals surface area contributed by atoms with Gasteiger partial charge in [0.05, 0.1) is 26.4 Å². The molecule has 1 aromatic rings. The maximum Gasteiger partial charge on any atom is 0.288 e. The van der Waals surface area contributed by atoms with Gasteiger partial charge < -0.3 is 38.4 Å². The average molecular weight is 520 g/mol. The molecule has 9 heteroatoms. The van der Waals surface area contributed by atoms with Crippen molar-refractivity contribution >= 4 is 5.91 Å². The second kappa shape index (κ2) is 14.6. The first-order chi connectivity index (χ1) is 18.2. The van der Waals surface area contributed by atoms with Crippen LogP contribution in [0.1, 0.15) is 56.9 Å². The first-order valence-electron chi connectivity index (χ1n) is 13.7. The first-order valence-corrected chi connectivity index (χ1v) is 13.7. The van der Waals surface area contributed by atoms with Crippen LogP contribution in [0.5, 0.6) is 11.5 Å². The van der Waals surface area contributed by atoms with Crippen molar-refractivity contribution in [2.75, 3.05) is 59.5 Å². The van der Waals surface area contributed by atoms with Crippen LogP contribution in [-0.2, 0) is 23.7 Å². The van der Waals surface area contributed by atoms with Gasteiger partial charge >= 0.3 is 0 Å². The maximum absolute atomic E-state index is 13.6. The molecule has 206 valence electrons. The number of ether oxygens (including phenoxy) is 6. The zero-order valence-corrected chi connectivity index (χ0v) is 21.9. The van der Waals surface area contributed by atoms with Crippen molar-refractivity contribution in [2.24, 2.45) is 5.92 Å². The summed E-state index contributed by atoms with van der Waals surface area (Å²) in [6.07, 6.45) is 7.62. The van der Waals surface area contributed by atoms with E-state index in [1.54, 1.807) is 0 Å². The van der Waals surface area contributed by atoms with Crippen LogP contribution < -0.4 is 9.47 Å². The van der Waals surface area contributed by atoms with Crippen LogP contribution in [-0.4, -0.2) is 81.7 Å². The number of carbonyl (C=O) groups excluding carboxylic acids is 1. The van der Waals surface area contributed by atoms with Crippen LogP contribution >= 0.6 is 0 Å². The van der Waals surface area contributed by atoms with Crippen LogP contribution in [0.25, 0.3) is 0 Å². The van der Waals surface area contributed by atoms with Crippen molar-refractivity contribution in [3.63, 3.8) is 0 Å². The number of rotatable bonds is 12. The zero-order valence-electron chi connectivity index (χ0n) is 21.9. The third kappa shape index (κ3) is 7.60. The number of carbonyl (C=O) groups is 1. The lowest BCUT2D eigenvalue weighted by atomic mass is 9.81. The van der Waals surface area contributed by atoms with E-state index in [9.17, 15) is 4.79 Å². The predicted octanol–water partition coefficient (Wildman–Crippen LogP) is 3.60. The highest BCUT2D eigenvalue weighted by Crippen LogP contribution is 2.42. The van der Waals surface area contributed by atoms with E-state index in [1.807, 2.05) is 36.1 Å². The fourth-order valence-electron chi connectivity index (χ4n) is 5.14. The van der Waals surface area contributed by atoms with E-state index in [0.717, 1.165) is 50.1 Å². The van der Waals surface area contributed by atoms with Crippen LogP contribution in [0, 0.1) is 5.92 Å². The van der Waals surface area contributed by atoms with Crippen molar-refractivity contribution in [1.29, 1.82) is 0 Å². The Morgan fingerprint density at radius 3 is 2.49 bits per heavy atom. The Morgan fingerprint density at radius 2 is 1.73 bits per heavy atom. The third-order valence-corrected chi connectivity index (χ3v) is 7.05. The van der Waals surface area contributed by atoms with Crippen molar-refractivity contribution in [3.8, 4) is 11.5 Å². The van der Waals surface area contributed by atoms with Gasteiger partial charge in [0.1, 0.15) is 0 Å². The van der Waals surface area contributed by atoms with Crippen LogP contribution in [0.15, 0.2) is 30.0 Å². The summed E-state index contributed by atoms with van der Waals surface area (Å²) in [5.74, 6) is 1.54. The molecule has 37 heavy (non-hydrogen) atoms. The molecule has 0 spiro atoms. The van der Waals surface area contributed by atoms with Gasteiger partial charge in [-0.2, -0.15) is 0 Å². The van der Waals surface area contributed by atoms with Gasteiger partial charge in [0, 0.05) is 38.1 Å². The Morgan fingerprint density at radius 1 is 1.00 bits per heavy atom. The van der Waals surface area contributed by atoms with Crippen molar-refractivity contribution in [2.45, 2.75) is 57.7 Å². The molecule has 0 radical (unpaired) electrons. The highest BCUT2D eigenvalue weighted by Gasteiger charge is 2.39. The normalized spacial score (nSPS) is 23.7. The molecule has 4 rings (SSSR count). The fraction of sp³-hybridized carbons (Fsp3) is 0.679. The van der Waals surface area contributed by atoms with E-state index in [-0.39, 0.29) is 31.1 Å². The van der Waals surface area contributed by atoms with Crippen molar-refractivity contribution in [1.82, 2.24) is 4.90 Å². The standard InChI is InChI=1S/C28H41NO8/c1-2-34-28-22(10-14-32-16-17-33-15-13-30)23(21-8-9-24-25(18-21)36-20-35-24)19-26(37-28)27(31)29-11-6-4-3-5-7-12-29/h8-9,18-19,22-23,28,30H,2-7,10-17,20H2,1H3/t22-,23+,28+/m0/s1. The lowest BCUT2D eigenvalue weighted by molar-refractivity contribution is -0.172. The summed E-state index contributed by atoms with van der Waals surface area (Å²) in [7, 11) is 0. The van der Waals surface area contributed by atoms with Crippen molar-refractivity contribution < 1.29 is 38.3 Å². The summed E-state index contributed by atoms with van der Waals surface area (Å²) in [4.78, 5) is 15.5. The van der Waals surface area contributed by atoms with Crippen LogP contribution in [0.4, 0.5) is 0 Å². The van der Waals surface area contributed by atoms with E-state index in [1.165, 1.54) is 6.42 Å². The van der Waals surface area contributed by atoms with Crippen LogP contribution in [0.2, 0.25) is 0 Å². The highest BCUT2D eigenvalue weighted by atomic mass is 16.7. The van der Waals surface area contributed by atoms with Gasteiger partial charge in [-0.3, -0.25) is 4.79 Å². The summed E-state index contributed by atoms with van der Waals surface area (Å²) < 4.78 is 34.6. The molecule has 0 aromatic heterocycles. The number of aliphatic hydroxyl groups is 1. The number of allylic oxidation sites excluding steroid dienone is 1. The minimum atomic E-state index is -0.576. The second-order valence-electron chi connectivity index (χ2n) is 9.57. The number of fused-ring (bicyclic) bond motifs is 1. The van der Waals surface area contributed by atoms with E-state index in [0.29, 0.717) is 51.0 Å². The maximum atomic E-state index is 13.6. The number of amides is 1. The molecule has 0 unspecified atom stereocenters. The Labute approximate surface area is 219 Å². The molecule has 3 heterocycles. The number of likely N-dealkylation sites (tertiary alicyclic amines) is 1. The SMILES string of the molecule is CCO[C@@H]1OC(C(=O)N2CCCCCCC2)=C[C@H](c2ccc3c(c2)OCO3)[C@@H]1CCOCCOCCO. The molecule has 1 aromatic carbocycles.